The van der Waals surface area contributed by atoms with Crippen LogP contribution in [0.15, 0.2) is 0 Å². The van der Waals surface area contributed by atoms with Gasteiger partial charge >= 0.3 is 12.0 Å². The summed E-state index contributed by atoms with van der Waals surface area (Å²) >= 11 is 0. The van der Waals surface area contributed by atoms with Gasteiger partial charge in [0, 0.05) is 0 Å². The van der Waals surface area contributed by atoms with E-state index in [1.807, 2.05) is 0 Å². The molecule has 0 aromatic rings. The molecular weight excluding hydrogens is 226 g/mol. The van der Waals surface area contributed by atoms with Crippen LogP contribution in [-0.2, 0) is 9.59 Å². The fourth-order valence-electron chi connectivity index (χ4n) is 1.63. The van der Waals surface area contributed by atoms with Crippen LogP contribution < -0.4 is 16.4 Å². The summed E-state index contributed by atoms with van der Waals surface area (Å²) in [6, 6.07) is -1.68. The van der Waals surface area contributed by atoms with Crippen LogP contribution in [0, 0.1) is 5.92 Å². The van der Waals surface area contributed by atoms with Crippen molar-refractivity contribution in [3.8, 4) is 0 Å². The second kappa shape index (κ2) is 4.60. The number of carbonyl (C=O) groups excluding carboxylic acids is 2. The molecule has 1 saturated carbocycles. The quantitative estimate of drug-likeness (QED) is 0.515. The van der Waals surface area contributed by atoms with E-state index < -0.39 is 29.5 Å². The molecule has 96 valence electrons. The summed E-state index contributed by atoms with van der Waals surface area (Å²) < 4.78 is 0. The van der Waals surface area contributed by atoms with Gasteiger partial charge in [-0.2, -0.15) is 0 Å². The number of nitrogens with two attached hydrogens (primary N) is 1. The summed E-state index contributed by atoms with van der Waals surface area (Å²) in [7, 11) is 0. The first kappa shape index (κ1) is 13.3. The molecule has 1 rings (SSSR count). The number of urea groups is 1. The number of aliphatic carboxylic acids is 1. The summed E-state index contributed by atoms with van der Waals surface area (Å²) in [4.78, 5) is 33.4. The van der Waals surface area contributed by atoms with Crippen LogP contribution in [0.25, 0.3) is 0 Å². The fourth-order valence-corrected chi connectivity index (χ4v) is 1.63. The first-order valence-corrected chi connectivity index (χ1v) is 5.38. The van der Waals surface area contributed by atoms with E-state index in [4.69, 9.17) is 10.8 Å². The Kier molecular flexibility index (Phi) is 3.59. The van der Waals surface area contributed by atoms with E-state index in [0.29, 0.717) is 0 Å². The number of carboxylic acid groups (broad SMARTS) is 1. The molecule has 17 heavy (non-hydrogen) atoms. The summed E-state index contributed by atoms with van der Waals surface area (Å²) in [5.41, 5.74) is 3.61. The zero-order valence-electron chi connectivity index (χ0n) is 9.82. The van der Waals surface area contributed by atoms with Gasteiger partial charge in [-0.1, -0.05) is 0 Å². The van der Waals surface area contributed by atoms with Gasteiger partial charge in [-0.25, -0.2) is 9.59 Å². The molecule has 0 radical (unpaired) electrons. The largest absolute Gasteiger partial charge is 0.480 e. The van der Waals surface area contributed by atoms with Gasteiger partial charge < -0.3 is 21.5 Å². The fraction of sp³-hybridized carbons (Fsp3) is 0.700. The smallest absolute Gasteiger partial charge is 0.329 e. The van der Waals surface area contributed by atoms with Crippen molar-refractivity contribution in [1.82, 2.24) is 10.6 Å². The Morgan fingerprint density at radius 2 is 1.94 bits per heavy atom. The third-order valence-corrected chi connectivity index (χ3v) is 2.97. The number of amides is 3. The van der Waals surface area contributed by atoms with Crippen molar-refractivity contribution in [2.24, 2.45) is 11.7 Å². The lowest BCUT2D eigenvalue weighted by molar-refractivity contribution is -0.148. The van der Waals surface area contributed by atoms with Gasteiger partial charge in [-0.3, -0.25) is 4.79 Å². The maximum atomic E-state index is 11.7. The minimum Gasteiger partial charge on any atom is -0.480 e. The standard InChI is InChI=1S/C10H17N3O4/c1-5(12-9(11)17)7(14)13-10(2,8(15)16)6-3-4-6/h5-6H,3-4H2,1-2H3,(H,13,14)(H,15,16)(H3,11,12,17). The maximum absolute atomic E-state index is 11.7. The third kappa shape index (κ3) is 3.08. The second-order valence-corrected chi connectivity index (χ2v) is 4.50. The highest BCUT2D eigenvalue weighted by atomic mass is 16.4. The lowest BCUT2D eigenvalue weighted by atomic mass is 9.95. The highest BCUT2D eigenvalue weighted by molar-refractivity contribution is 5.91. The molecule has 2 unspecified atom stereocenters. The first-order valence-electron chi connectivity index (χ1n) is 5.38. The molecular formula is C10H17N3O4. The molecule has 0 heterocycles. The van der Waals surface area contributed by atoms with Gasteiger partial charge in [-0.05, 0) is 32.6 Å². The van der Waals surface area contributed by atoms with Gasteiger partial charge in [0.15, 0.2) is 0 Å². The molecule has 3 amide bonds. The van der Waals surface area contributed by atoms with E-state index in [1.165, 1.54) is 13.8 Å². The normalized spacial score (nSPS) is 19.9. The van der Waals surface area contributed by atoms with Crippen LogP contribution in [0.5, 0.6) is 0 Å². The number of nitrogens with one attached hydrogen (secondary N) is 2. The predicted molar refractivity (Wildman–Crippen MR) is 59.1 cm³/mol. The first-order chi connectivity index (χ1) is 7.77. The highest BCUT2D eigenvalue weighted by Gasteiger charge is 2.48. The second-order valence-electron chi connectivity index (χ2n) is 4.50. The lowest BCUT2D eigenvalue weighted by Crippen LogP contribution is -2.58. The van der Waals surface area contributed by atoms with Gasteiger partial charge in [0.2, 0.25) is 5.91 Å². The van der Waals surface area contributed by atoms with E-state index in [9.17, 15) is 14.4 Å². The van der Waals surface area contributed by atoms with E-state index in [1.54, 1.807) is 0 Å². The van der Waals surface area contributed by atoms with Crippen molar-refractivity contribution in [2.75, 3.05) is 0 Å². The Bertz CT molecular complexity index is 353. The summed E-state index contributed by atoms with van der Waals surface area (Å²) in [5, 5.41) is 13.8. The van der Waals surface area contributed by atoms with Crippen LogP contribution >= 0.6 is 0 Å². The SMILES string of the molecule is CC(NC(N)=O)C(=O)NC(C)(C(=O)O)C1CC1. The van der Waals surface area contributed by atoms with Gasteiger partial charge in [0.1, 0.15) is 11.6 Å². The van der Waals surface area contributed by atoms with Crippen molar-refractivity contribution < 1.29 is 19.5 Å². The van der Waals surface area contributed by atoms with E-state index >= 15 is 0 Å². The van der Waals surface area contributed by atoms with E-state index in [-0.39, 0.29) is 5.92 Å². The van der Waals surface area contributed by atoms with Crippen LogP contribution in [-0.4, -0.2) is 34.6 Å². The number of primary amides is 1. The van der Waals surface area contributed by atoms with E-state index in [2.05, 4.69) is 10.6 Å². The molecule has 0 aromatic carbocycles. The topological polar surface area (TPSA) is 122 Å². The van der Waals surface area contributed by atoms with Crippen LogP contribution in [0.4, 0.5) is 4.79 Å². The molecule has 1 aliphatic rings. The Morgan fingerprint density at radius 1 is 1.41 bits per heavy atom. The zero-order chi connectivity index (χ0) is 13.2. The Hall–Kier alpha value is -1.79. The molecule has 0 spiro atoms. The number of carboxylic acids is 1. The maximum Gasteiger partial charge on any atom is 0.329 e. The number of hydrogen-bond acceptors (Lipinski definition) is 3. The third-order valence-electron chi connectivity index (χ3n) is 2.97. The zero-order valence-corrected chi connectivity index (χ0v) is 9.82. The Morgan fingerprint density at radius 3 is 2.29 bits per heavy atom. The molecule has 0 aliphatic heterocycles. The lowest BCUT2D eigenvalue weighted by Gasteiger charge is -2.27. The van der Waals surface area contributed by atoms with Crippen LogP contribution in [0.1, 0.15) is 26.7 Å². The summed E-state index contributed by atoms with van der Waals surface area (Å²) in [6.45, 7) is 2.91. The average Bonchev–Trinajstić information content (AvgIpc) is 2.98. The minimum absolute atomic E-state index is 0.0512. The molecule has 0 aromatic heterocycles. The minimum atomic E-state index is -1.27. The van der Waals surface area contributed by atoms with E-state index in [0.717, 1.165) is 12.8 Å². The number of rotatable bonds is 5. The molecule has 7 nitrogen and oxygen atoms in total. The Balaban J connectivity index is 2.64. The highest BCUT2D eigenvalue weighted by Crippen LogP contribution is 2.39. The van der Waals surface area contributed by atoms with Crippen LogP contribution in [0.3, 0.4) is 0 Å². The van der Waals surface area contributed by atoms with Gasteiger partial charge in [-0.15, -0.1) is 0 Å². The van der Waals surface area contributed by atoms with Crippen molar-refractivity contribution in [2.45, 2.75) is 38.3 Å². The molecule has 2 atom stereocenters. The molecule has 7 heteroatoms. The molecule has 1 aliphatic carbocycles. The average molecular weight is 243 g/mol. The number of carbonyl (C=O) groups is 3. The molecule has 0 saturated heterocycles. The predicted octanol–water partition coefficient (Wildman–Crippen LogP) is -0.587. The Labute approximate surface area is 98.7 Å². The summed E-state index contributed by atoms with van der Waals surface area (Å²) in [6.07, 6.45) is 1.56. The molecule has 0 bridgehead atoms. The number of hydrogen-bond donors (Lipinski definition) is 4. The summed E-state index contributed by atoms with van der Waals surface area (Å²) in [5.74, 6) is -1.68. The van der Waals surface area contributed by atoms with Crippen molar-refractivity contribution in [1.29, 1.82) is 0 Å². The van der Waals surface area contributed by atoms with Crippen molar-refractivity contribution in [3.63, 3.8) is 0 Å². The monoisotopic (exact) mass is 243 g/mol. The van der Waals surface area contributed by atoms with Gasteiger partial charge in [0.25, 0.3) is 0 Å². The van der Waals surface area contributed by atoms with Crippen LogP contribution in [0.2, 0.25) is 0 Å². The van der Waals surface area contributed by atoms with Gasteiger partial charge in [0.05, 0.1) is 0 Å². The molecule has 1 fully saturated rings. The molecule has 5 N–H and O–H groups in total. The van der Waals surface area contributed by atoms with Crippen molar-refractivity contribution in [3.05, 3.63) is 0 Å². The van der Waals surface area contributed by atoms with Crippen molar-refractivity contribution >= 4 is 17.9 Å².